The summed E-state index contributed by atoms with van der Waals surface area (Å²) >= 11 is 11.8. The molecule has 1 heterocycles. The number of halogens is 2. The minimum Gasteiger partial charge on any atom is -0.374 e. The van der Waals surface area contributed by atoms with E-state index >= 15 is 0 Å². The summed E-state index contributed by atoms with van der Waals surface area (Å²) in [5.74, 6) is -0.239. The second-order valence-electron chi connectivity index (χ2n) is 4.01. The first kappa shape index (κ1) is 13.6. The molecule has 1 aromatic carbocycles. The number of hydrogen-bond acceptors (Lipinski definition) is 3. The molecular formula is C12H14Cl2N2O2. The van der Waals surface area contributed by atoms with Crippen LogP contribution in [-0.2, 0) is 4.74 Å². The third kappa shape index (κ3) is 3.36. The fourth-order valence-corrected chi connectivity index (χ4v) is 2.12. The van der Waals surface area contributed by atoms with E-state index in [9.17, 15) is 4.79 Å². The Hall–Kier alpha value is -0.810. The molecule has 1 unspecified atom stereocenters. The summed E-state index contributed by atoms with van der Waals surface area (Å²) in [7, 11) is 0. The Labute approximate surface area is 116 Å². The number of hydrogen-bond donors (Lipinski definition) is 2. The molecule has 1 amide bonds. The Morgan fingerprint density at radius 3 is 3.06 bits per heavy atom. The van der Waals surface area contributed by atoms with Gasteiger partial charge >= 0.3 is 0 Å². The van der Waals surface area contributed by atoms with Crippen molar-refractivity contribution in [1.29, 1.82) is 0 Å². The zero-order valence-corrected chi connectivity index (χ0v) is 11.2. The van der Waals surface area contributed by atoms with Gasteiger partial charge in [0.15, 0.2) is 0 Å². The van der Waals surface area contributed by atoms with Crippen molar-refractivity contribution in [3.8, 4) is 0 Å². The number of nitrogens with one attached hydrogen (secondary N) is 2. The average molecular weight is 289 g/mol. The van der Waals surface area contributed by atoms with Gasteiger partial charge in [-0.3, -0.25) is 4.79 Å². The number of ether oxygens (including phenoxy) is 1. The lowest BCUT2D eigenvalue weighted by Crippen LogP contribution is -2.45. The van der Waals surface area contributed by atoms with E-state index in [1.54, 1.807) is 18.2 Å². The van der Waals surface area contributed by atoms with Gasteiger partial charge < -0.3 is 15.4 Å². The summed E-state index contributed by atoms with van der Waals surface area (Å²) in [6.07, 6.45) is 0.000611. The molecule has 0 spiro atoms. The zero-order chi connectivity index (χ0) is 13.0. The van der Waals surface area contributed by atoms with Crippen LogP contribution in [-0.4, -0.2) is 38.3 Å². The second kappa shape index (κ2) is 6.38. The highest BCUT2D eigenvalue weighted by molar-refractivity contribution is 6.43. The van der Waals surface area contributed by atoms with Gasteiger partial charge in [0.25, 0.3) is 5.91 Å². The molecule has 98 valence electrons. The molecule has 1 aromatic rings. The first-order valence-electron chi connectivity index (χ1n) is 5.73. The van der Waals surface area contributed by atoms with Crippen molar-refractivity contribution in [1.82, 2.24) is 10.6 Å². The molecule has 2 rings (SSSR count). The highest BCUT2D eigenvalue weighted by atomic mass is 35.5. The van der Waals surface area contributed by atoms with Crippen LogP contribution in [0.5, 0.6) is 0 Å². The van der Waals surface area contributed by atoms with Crippen molar-refractivity contribution < 1.29 is 9.53 Å². The van der Waals surface area contributed by atoms with E-state index in [1.165, 1.54) is 0 Å². The average Bonchev–Trinajstić information content (AvgIpc) is 2.40. The predicted molar refractivity (Wildman–Crippen MR) is 71.4 cm³/mol. The third-order valence-electron chi connectivity index (χ3n) is 2.69. The maximum absolute atomic E-state index is 11.9. The topological polar surface area (TPSA) is 50.4 Å². The number of amides is 1. The Morgan fingerprint density at radius 1 is 1.50 bits per heavy atom. The van der Waals surface area contributed by atoms with Crippen LogP contribution in [0.4, 0.5) is 0 Å². The minimum atomic E-state index is -0.239. The van der Waals surface area contributed by atoms with Gasteiger partial charge in [0, 0.05) is 19.6 Å². The second-order valence-corrected chi connectivity index (χ2v) is 4.79. The van der Waals surface area contributed by atoms with E-state index in [-0.39, 0.29) is 17.0 Å². The van der Waals surface area contributed by atoms with Gasteiger partial charge in [-0.15, -0.1) is 0 Å². The van der Waals surface area contributed by atoms with E-state index in [0.29, 0.717) is 23.7 Å². The molecule has 1 fully saturated rings. The first-order chi connectivity index (χ1) is 8.68. The number of carbonyl (C=O) groups is 1. The molecule has 2 N–H and O–H groups in total. The fraction of sp³-hybridized carbons (Fsp3) is 0.417. The summed E-state index contributed by atoms with van der Waals surface area (Å²) < 4.78 is 5.48. The zero-order valence-electron chi connectivity index (χ0n) is 9.71. The Morgan fingerprint density at radius 2 is 2.33 bits per heavy atom. The molecule has 6 heteroatoms. The lowest BCUT2D eigenvalue weighted by molar-refractivity contribution is 0.0287. The highest BCUT2D eigenvalue weighted by Gasteiger charge is 2.16. The molecule has 0 bridgehead atoms. The van der Waals surface area contributed by atoms with Gasteiger partial charge in [-0.05, 0) is 12.1 Å². The van der Waals surface area contributed by atoms with Gasteiger partial charge in [0.05, 0.1) is 28.3 Å². The fourth-order valence-electron chi connectivity index (χ4n) is 1.73. The lowest BCUT2D eigenvalue weighted by atomic mass is 10.2. The Balaban J connectivity index is 1.93. The van der Waals surface area contributed by atoms with Crippen LogP contribution in [0.2, 0.25) is 10.0 Å². The van der Waals surface area contributed by atoms with Crippen LogP contribution in [0.1, 0.15) is 10.4 Å². The quantitative estimate of drug-likeness (QED) is 0.890. The summed E-state index contributed by atoms with van der Waals surface area (Å²) in [4.78, 5) is 11.9. The molecule has 1 aliphatic heterocycles. The summed E-state index contributed by atoms with van der Waals surface area (Å²) in [6.45, 7) is 2.71. The maximum Gasteiger partial charge on any atom is 0.252 e. The lowest BCUT2D eigenvalue weighted by Gasteiger charge is -2.23. The van der Waals surface area contributed by atoms with E-state index in [0.717, 1.165) is 13.1 Å². The Kier molecular flexibility index (Phi) is 4.83. The van der Waals surface area contributed by atoms with Gasteiger partial charge in [-0.1, -0.05) is 29.3 Å². The number of benzene rings is 1. The van der Waals surface area contributed by atoms with Crippen LogP contribution < -0.4 is 10.6 Å². The highest BCUT2D eigenvalue weighted by Crippen LogP contribution is 2.25. The smallest absolute Gasteiger partial charge is 0.252 e. The number of morpholine rings is 1. The molecule has 0 saturated carbocycles. The predicted octanol–water partition coefficient (Wildman–Crippen LogP) is 1.71. The molecular weight excluding hydrogens is 275 g/mol. The largest absolute Gasteiger partial charge is 0.374 e. The van der Waals surface area contributed by atoms with Gasteiger partial charge in [0.2, 0.25) is 0 Å². The SMILES string of the molecule is O=C(NCC1CNCCO1)c1cccc(Cl)c1Cl. The monoisotopic (exact) mass is 288 g/mol. The van der Waals surface area contributed by atoms with Crippen LogP contribution in [0.25, 0.3) is 0 Å². The molecule has 1 aliphatic rings. The molecule has 1 saturated heterocycles. The van der Waals surface area contributed by atoms with Crippen molar-refractivity contribution in [3.63, 3.8) is 0 Å². The molecule has 1 atom stereocenters. The minimum absolute atomic E-state index is 0.000611. The summed E-state index contributed by atoms with van der Waals surface area (Å²) in [5.41, 5.74) is 0.382. The number of rotatable bonds is 3. The van der Waals surface area contributed by atoms with Gasteiger partial charge in [0.1, 0.15) is 0 Å². The van der Waals surface area contributed by atoms with Crippen LogP contribution >= 0.6 is 23.2 Å². The van der Waals surface area contributed by atoms with Gasteiger partial charge in [-0.2, -0.15) is 0 Å². The van der Waals surface area contributed by atoms with Crippen LogP contribution in [0, 0.1) is 0 Å². The van der Waals surface area contributed by atoms with Gasteiger partial charge in [-0.25, -0.2) is 0 Å². The van der Waals surface area contributed by atoms with Crippen molar-refractivity contribution in [3.05, 3.63) is 33.8 Å². The van der Waals surface area contributed by atoms with Crippen molar-refractivity contribution in [2.75, 3.05) is 26.2 Å². The van der Waals surface area contributed by atoms with E-state index < -0.39 is 0 Å². The molecule has 18 heavy (non-hydrogen) atoms. The molecule has 0 radical (unpaired) electrons. The van der Waals surface area contributed by atoms with Crippen molar-refractivity contribution in [2.45, 2.75) is 6.10 Å². The van der Waals surface area contributed by atoms with E-state index in [2.05, 4.69) is 10.6 Å². The maximum atomic E-state index is 11.9. The molecule has 0 aromatic heterocycles. The molecule has 4 nitrogen and oxygen atoms in total. The number of carbonyl (C=O) groups excluding carboxylic acids is 1. The Bertz CT molecular complexity index is 434. The van der Waals surface area contributed by atoms with E-state index in [1.807, 2.05) is 0 Å². The van der Waals surface area contributed by atoms with Crippen LogP contribution in [0.15, 0.2) is 18.2 Å². The van der Waals surface area contributed by atoms with Crippen molar-refractivity contribution >= 4 is 29.1 Å². The first-order valence-corrected chi connectivity index (χ1v) is 6.48. The summed E-state index contributed by atoms with van der Waals surface area (Å²) in [5, 5.41) is 6.64. The third-order valence-corrected chi connectivity index (χ3v) is 3.51. The van der Waals surface area contributed by atoms with Crippen molar-refractivity contribution in [2.24, 2.45) is 0 Å². The summed E-state index contributed by atoms with van der Waals surface area (Å²) in [6, 6.07) is 4.99. The van der Waals surface area contributed by atoms with E-state index in [4.69, 9.17) is 27.9 Å². The molecule has 0 aliphatic carbocycles. The van der Waals surface area contributed by atoms with Crippen LogP contribution in [0.3, 0.4) is 0 Å². The standard InChI is InChI=1S/C12H14Cl2N2O2/c13-10-3-1-2-9(11(10)14)12(17)16-7-8-6-15-4-5-18-8/h1-3,8,15H,4-7H2,(H,16,17). The normalized spacial score (nSPS) is 19.6.